The maximum Gasteiger partial charge on any atom is 0.258 e. The topological polar surface area (TPSA) is 70.6 Å². The van der Waals surface area contributed by atoms with Crippen LogP contribution in [0.3, 0.4) is 0 Å². The first kappa shape index (κ1) is 17.5. The van der Waals surface area contributed by atoms with E-state index in [2.05, 4.69) is 10.6 Å². The van der Waals surface area contributed by atoms with E-state index in [1.54, 1.807) is 6.92 Å². The lowest BCUT2D eigenvalue weighted by Gasteiger charge is -2.20. The second kappa shape index (κ2) is 8.00. The molecule has 0 aliphatic heterocycles. The van der Waals surface area contributed by atoms with E-state index >= 15 is 0 Å². The minimum atomic E-state index is -0.353. The Hall–Kier alpha value is -1.59. The molecule has 0 fully saturated rings. The molecule has 1 atom stereocenters. The molecule has 0 saturated carbocycles. The maximum absolute atomic E-state index is 11.6. The SMILES string of the molecule is C[C@@H](O)CNCc1ccc(OCC(=O)NC(C)(C)C)cc1. The Balaban J connectivity index is 2.35. The zero-order chi connectivity index (χ0) is 15.9. The van der Waals surface area contributed by atoms with Crippen molar-refractivity contribution >= 4 is 5.91 Å². The second-order valence-electron chi connectivity index (χ2n) is 6.21. The van der Waals surface area contributed by atoms with Crippen molar-refractivity contribution in [2.75, 3.05) is 13.2 Å². The third kappa shape index (κ3) is 8.32. The van der Waals surface area contributed by atoms with Crippen molar-refractivity contribution in [1.29, 1.82) is 0 Å². The quantitative estimate of drug-likeness (QED) is 0.712. The molecule has 5 nitrogen and oxygen atoms in total. The summed E-state index contributed by atoms with van der Waals surface area (Å²) in [4.78, 5) is 11.6. The van der Waals surface area contributed by atoms with Gasteiger partial charge in [-0.05, 0) is 45.4 Å². The summed E-state index contributed by atoms with van der Waals surface area (Å²) in [6.07, 6.45) is -0.353. The average Bonchev–Trinajstić information content (AvgIpc) is 2.35. The number of ether oxygens (including phenoxy) is 1. The van der Waals surface area contributed by atoms with Crippen LogP contribution in [0.5, 0.6) is 5.75 Å². The predicted octanol–water partition coefficient (Wildman–Crippen LogP) is 1.45. The molecule has 0 bridgehead atoms. The summed E-state index contributed by atoms with van der Waals surface area (Å²) in [6, 6.07) is 7.55. The molecule has 1 amide bonds. The molecular weight excluding hydrogens is 268 g/mol. The van der Waals surface area contributed by atoms with Gasteiger partial charge in [0.2, 0.25) is 0 Å². The van der Waals surface area contributed by atoms with E-state index < -0.39 is 0 Å². The summed E-state index contributed by atoms with van der Waals surface area (Å²) in [6.45, 7) is 8.80. The first-order chi connectivity index (χ1) is 9.76. The molecule has 118 valence electrons. The number of hydrogen-bond donors (Lipinski definition) is 3. The highest BCUT2D eigenvalue weighted by molar-refractivity contribution is 5.78. The van der Waals surface area contributed by atoms with Crippen molar-refractivity contribution in [3.05, 3.63) is 29.8 Å². The molecule has 0 saturated heterocycles. The van der Waals surface area contributed by atoms with Crippen LogP contribution in [0.25, 0.3) is 0 Å². The third-order valence-electron chi connectivity index (χ3n) is 2.58. The van der Waals surface area contributed by atoms with Crippen LogP contribution in [-0.2, 0) is 11.3 Å². The summed E-state index contributed by atoms with van der Waals surface area (Å²) in [5, 5.41) is 15.1. The number of nitrogens with one attached hydrogen (secondary N) is 2. The number of aliphatic hydroxyl groups is 1. The first-order valence-corrected chi connectivity index (χ1v) is 7.18. The minimum absolute atomic E-state index is 0.0108. The molecule has 0 heterocycles. The number of aliphatic hydroxyl groups excluding tert-OH is 1. The van der Waals surface area contributed by atoms with Crippen LogP contribution in [0, 0.1) is 0 Å². The second-order valence-corrected chi connectivity index (χ2v) is 6.21. The fraction of sp³-hybridized carbons (Fsp3) is 0.562. The number of rotatable bonds is 7. The lowest BCUT2D eigenvalue weighted by molar-refractivity contribution is -0.124. The van der Waals surface area contributed by atoms with Crippen LogP contribution in [0.15, 0.2) is 24.3 Å². The molecule has 21 heavy (non-hydrogen) atoms. The van der Waals surface area contributed by atoms with E-state index in [4.69, 9.17) is 9.84 Å². The number of benzene rings is 1. The highest BCUT2D eigenvalue weighted by Gasteiger charge is 2.13. The van der Waals surface area contributed by atoms with E-state index in [1.165, 1.54) is 0 Å². The lowest BCUT2D eigenvalue weighted by Crippen LogP contribution is -2.43. The van der Waals surface area contributed by atoms with Gasteiger partial charge in [-0.15, -0.1) is 0 Å². The molecule has 0 aromatic heterocycles. The largest absolute Gasteiger partial charge is 0.484 e. The van der Waals surface area contributed by atoms with Crippen molar-refractivity contribution in [2.45, 2.75) is 45.9 Å². The van der Waals surface area contributed by atoms with Gasteiger partial charge in [0.1, 0.15) is 5.75 Å². The van der Waals surface area contributed by atoms with E-state index in [-0.39, 0.29) is 24.2 Å². The predicted molar refractivity (Wildman–Crippen MR) is 83.2 cm³/mol. The van der Waals surface area contributed by atoms with E-state index in [1.807, 2.05) is 45.0 Å². The molecule has 0 radical (unpaired) electrons. The Labute approximate surface area is 126 Å². The zero-order valence-electron chi connectivity index (χ0n) is 13.3. The molecule has 0 unspecified atom stereocenters. The Bertz CT molecular complexity index is 436. The molecule has 5 heteroatoms. The van der Waals surface area contributed by atoms with Crippen molar-refractivity contribution in [3.8, 4) is 5.75 Å². The lowest BCUT2D eigenvalue weighted by atomic mass is 10.1. The fourth-order valence-corrected chi connectivity index (χ4v) is 1.73. The smallest absolute Gasteiger partial charge is 0.258 e. The highest BCUT2D eigenvalue weighted by Crippen LogP contribution is 2.12. The molecule has 3 N–H and O–H groups in total. The van der Waals surface area contributed by atoms with Gasteiger partial charge in [-0.3, -0.25) is 4.79 Å². The molecule has 0 spiro atoms. The standard InChI is InChI=1S/C16H26N2O3/c1-12(19)9-17-10-13-5-7-14(8-6-13)21-11-15(20)18-16(2,3)4/h5-8,12,17,19H,9-11H2,1-4H3,(H,18,20)/t12-/m1/s1. The Morgan fingerprint density at radius 2 is 1.90 bits per heavy atom. The Morgan fingerprint density at radius 3 is 2.43 bits per heavy atom. The summed E-state index contributed by atoms with van der Waals surface area (Å²) >= 11 is 0. The van der Waals surface area contributed by atoms with Crippen molar-refractivity contribution in [1.82, 2.24) is 10.6 Å². The highest BCUT2D eigenvalue weighted by atomic mass is 16.5. The van der Waals surface area contributed by atoms with Gasteiger partial charge in [0.05, 0.1) is 6.10 Å². The minimum Gasteiger partial charge on any atom is -0.484 e. The third-order valence-corrected chi connectivity index (χ3v) is 2.58. The van der Waals surface area contributed by atoms with Gasteiger partial charge in [0.25, 0.3) is 5.91 Å². The van der Waals surface area contributed by atoms with E-state index in [9.17, 15) is 4.79 Å². The van der Waals surface area contributed by atoms with Gasteiger partial charge >= 0.3 is 0 Å². The van der Waals surface area contributed by atoms with Gasteiger partial charge in [-0.1, -0.05) is 12.1 Å². The summed E-state index contributed by atoms with van der Waals surface area (Å²) < 4.78 is 5.44. The fourth-order valence-electron chi connectivity index (χ4n) is 1.73. The van der Waals surface area contributed by atoms with Crippen LogP contribution in [0.4, 0.5) is 0 Å². The van der Waals surface area contributed by atoms with Gasteiger partial charge in [-0.2, -0.15) is 0 Å². The average molecular weight is 294 g/mol. The molecule has 1 rings (SSSR count). The Morgan fingerprint density at radius 1 is 1.29 bits per heavy atom. The normalized spacial score (nSPS) is 12.8. The first-order valence-electron chi connectivity index (χ1n) is 7.18. The van der Waals surface area contributed by atoms with Crippen LogP contribution < -0.4 is 15.4 Å². The zero-order valence-corrected chi connectivity index (χ0v) is 13.3. The van der Waals surface area contributed by atoms with E-state index in [0.717, 1.165) is 5.56 Å². The summed E-state index contributed by atoms with van der Waals surface area (Å²) in [7, 11) is 0. The number of amides is 1. The Kier molecular flexibility index (Phi) is 6.65. The molecule has 1 aromatic carbocycles. The molecule has 0 aliphatic rings. The van der Waals surface area contributed by atoms with E-state index in [0.29, 0.717) is 18.8 Å². The van der Waals surface area contributed by atoms with Crippen LogP contribution in [-0.4, -0.2) is 35.8 Å². The molecule has 1 aromatic rings. The monoisotopic (exact) mass is 294 g/mol. The van der Waals surface area contributed by atoms with Gasteiger partial charge in [0, 0.05) is 18.6 Å². The van der Waals surface area contributed by atoms with Crippen molar-refractivity contribution in [2.24, 2.45) is 0 Å². The van der Waals surface area contributed by atoms with Gasteiger partial charge < -0.3 is 20.5 Å². The van der Waals surface area contributed by atoms with Gasteiger partial charge in [-0.25, -0.2) is 0 Å². The molecular formula is C16H26N2O3. The number of carbonyl (C=O) groups excluding carboxylic acids is 1. The number of carbonyl (C=O) groups is 1. The van der Waals surface area contributed by atoms with Gasteiger partial charge in [0.15, 0.2) is 6.61 Å². The van der Waals surface area contributed by atoms with Crippen LogP contribution in [0.1, 0.15) is 33.3 Å². The van der Waals surface area contributed by atoms with Crippen LogP contribution >= 0.6 is 0 Å². The van der Waals surface area contributed by atoms with Crippen LogP contribution in [0.2, 0.25) is 0 Å². The summed E-state index contributed by atoms with van der Waals surface area (Å²) in [5.41, 5.74) is 0.849. The van der Waals surface area contributed by atoms with Crippen molar-refractivity contribution < 1.29 is 14.6 Å². The maximum atomic E-state index is 11.6. The molecule has 0 aliphatic carbocycles. The van der Waals surface area contributed by atoms with Crippen molar-refractivity contribution in [3.63, 3.8) is 0 Å². The number of hydrogen-bond acceptors (Lipinski definition) is 4. The summed E-state index contributed by atoms with van der Waals surface area (Å²) in [5.74, 6) is 0.531.